The molecule has 2 aromatic carbocycles. The highest BCUT2D eigenvalue weighted by Gasteiger charge is 2.54. The molecule has 3 atom stereocenters. The smallest absolute Gasteiger partial charge is 0.261 e. The Morgan fingerprint density at radius 2 is 2.00 bits per heavy atom. The van der Waals surface area contributed by atoms with Crippen LogP contribution in [0, 0.1) is 23.0 Å². The fourth-order valence-electron chi connectivity index (χ4n) is 5.09. The van der Waals surface area contributed by atoms with Crippen LogP contribution in [0.15, 0.2) is 41.4 Å². The van der Waals surface area contributed by atoms with E-state index >= 15 is 0 Å². The Morgan fingerprint density at radius 1 is 1.26 bits per heavy atom. The van der Waals surface area contributed by atoms with Gasteiger partial charge in [0.15, 0.2) is 11.5 Å². The van der Waals surface area contributed by atoms with Gasteiger partial charge in [-0.05, 0) is 60.1 Å². The maximum atomic E-state index is 14.5. The number of amides is 1. The summed E-state index contributed by atoms with van der Waals surface area (Å²) in [7, 11) is 1.57. The topological polar surface area (TPSA) is 88.2 Å². The van der Waals surface area contributed by atoms with Crippen molar-refractivity contribution in [3.8, 4) is 16.9 Å². The summed E-state index contributed by atoms with van der Waals surface area (Å²) in [4.78, 5) is 19.4. The summed E-state index contributed by atoms with van der Waals surface area (Å²) in [6.45, 7) is 6.36. The van der Waals surface area contributed by atoms with Crippen LogP contribution < -0.4 is 10.5 Å². The summed E-state index contributed by atoms with van der Waals surface area (Å²) in [5.41, 5.74) is 5.69. The third-order valence-corrected chi connectivity index (χ3v) is 6.65. The number of nitrogens with two attached hydrogens (primary N) is 1. The van der Waals surface area contributed by atoms with Crippen LogP contribution >= 0.6 is 0 Å². The monoisotopic (exact) mass is 471 g/mol. The average Bonchev–Trinajstić information content (AvgIpc) is 2.98. The number of likely N-dealkylation sites (N-methyl/N-ethyl adjacent to an activating group) is 1. The third-order valence-electron chi connectivity index (χ3n) is 6.65. The molecule has 0 fully saturated rings. The number of rotatable bonds is 5. The highest BCUT2D eigenvalue weighted by molar-refractivity contribution is 6.07. The van der Waals surface area contributed by atoms with E-state index in [0.29, 0.717) is 23.3 Å². The zero-order valence-corrected chi connectivity index (χ0v) is 19.9. The van der Waals surface area contributed by atoms with E-state index in [2.05, 4.69) is 25.8 Å². The molecule has 0 bridgehead atoms. The van der Waals surface area contributed by atoms with Crippen molar-refractivity contribution in [3.63, 3.8) is 0 Å². The SMILES string of the molecule is CN1C(=O)C2(CC(C(CCO)CC(C)(C)C)Oc3ccc(-c4cc(F)ccc4F)cc32)N=C1N. The number of halogens is 2. The normalized spacial score (nSPS) is 23.0. The van der Waals surface area contributed by atoms with E-state index in [-0.39, 0.29) is 47.9 Å². The molecule has 6 nitrogen and oxygen atoms in total. The molecule has 0 aromatic heterocycles. The molecule has 0 aliphatic carbocycles. The lowest BCUT2D eigenvalue weighted by atomic mass is 9.73. The number of aliphatic imine (C=N–C) groups is 1. The van der Waals surface area contributed by atoms with Crippen LogP contribution in [-0.4, -0.2) is 41.6 Å². The fourth-order valence-corrected chi connectivity index (χ4v) is 5.09. The van der Waals surface area contributed by atoms with Crippen molar-refractivity contribution < 1.29 is 23.4 Å². The quantitative estimate of drug-likeness (QED) is 0.684. The third kappa shape index (κ3) is 4.27. The molecular weight excluding hydrogens is 440 g/mol. The minimum absolute atomic E-state index is 0.00247. The lowest BCUT2D eigenvalue weighted by Gasteiger charge is -2.41. The molecule has 0 radical (unpaired) electrons. The number of ether oxygens (including phenoxy) is 1. The van der Waals surface area contributed by atoms with Gasteiger partial charge in [0, 0.05) is 31.2 Å². The predicted octanol–water partition coefficient (Wildman–Crippen LogP) is 4.20. The number of hydrogen-bond donors (Lipinski definition) is 2. The van der Waals surface area contributed by atoms with E-state index in [9.17, 15) is 18.7 Å². The number of carbonyl (C=O) groups is 1. The highest BCUT2D eigenvalue weighted by atomic mass is 19.1. The molecule has 1 amide bonds. The van der Waals surface area contributed by atoms with Crippen LogP contribution in [0.4, 0.5) is 8.78 Å². The van der Waals surface area contributed by atoms with E-state index < -0.39 is 17.2 Å². The van der Waals surface area contributed by atoms with Gasteiger partial charge in [-0.15, -0.1) is 0 Å². The summed E-state index contributed by atoms with van der Waals surface area (Å²) in [6, 6.07) is 8.21. The molecule has 3 N–H and O–H groups in total. The van der Waals surface area contributed by atoms with Crippen LogP contribution in [0.3, 0.4) is 0 Å². The van der Waals surface area contributed by atoms with Crippen LogP contribution in [0.1, 0.15) is 45.6 Å². The van der Waals surface area contributed by atoms with Gasteiger partial charge < -0.3 is 15.6 Å². The predicted molar refractivity (Wildman–Crippen MR) is 126 cm³/mol. The molecule has 1 spiro atoms. The van der Waals surface area contributed by atoms with Gasteiger partial charge >= 0.3 is 0 Å². The summed E-state index contributed by atoms with van der Waals surface area (Å²) >= 11 is 0. The van der Waals surface area contributed by atoms with Gasteiger partial charge in [0.25, 0.3) is 5.91 Å². The molecule has 2 heterocycles. The van der Waals surface area contributed by atoms with E-state index in [1.54, 1.807) is 25.2 Å². The first kappa shape index (κ1) is 24.1. The van der Waals surface area contributed by atoms with Crippen molar-refractivity contribution in [1.82, 2.24) is 4.90 Å². The number of fused-ring (bicyclic) bond motifs is 2. The highest BCUT2D eigenvalue weighted by Crippen LogP contribution is 2.49. The van der Waals surface area contributed by atoms with Crippen LogP contribution in [0.2, 0.25) is 0 Å². The molecular formula is C26H31F2N3O3. The largest absolute Gasteiger partial charge is 0.490 e. The molecule has 3 unspecified atom stereocenters. The Labute approximate surface area is 198 Å². The summed E-state index contributed by atoms with van der Waals surface area (Å²) < 4.78 is 34.8. The standard InChI is InChI=1S/C26H31F2N3O3/c1-25(2,3)13-16(9-10-32)22-14-26(23(33)31(4)24(29)30-26)19-11-15(5-8-21(19)34-22)18-12-17(27)6-7-20(18)28/h5-8,11-12,16,22,32H,9-10,13-14H2,1-4H3,(H2,29,30). The first-order chi connectivity index (χ1) is 15.9. The summed E-state index contributed by atoms with van der Waals surface area (Å²) in [5, 5.41) is 9.72. The number of aliphatic hydroxyl groups is 1. The van der Waals surface area contributed by atoms with Crippen molar-refractivity contribution in [3.05, 3.63) is 53.6 Å². The van der Waals surface area contributed by atoms with Crippen LogP contribution in [-0.2, 0) is 10.3 Å². The molecule has 34 heavy (non-hydrogen) atoms. The Morgan fingerprint density at radius 3 is 2.62 bits per heavy atom. The van der Waals surface area contributed by atoms with E-state index in [4.69, 9.17) is 10.5 Å². The van der Waals surface area contributed by atoms with E-state index in [1.165, 1.54) is 4.90 Å². The molecule has 2 aliphatic rings. The zero-order chi connectivity index (χ0) is 24.8. The Hall–Kier alpha value is -3.00. The summed E-state index contributed by atoms with van der Waals surface area (Å²) in [5.74, 6) is -0.910. The van der Waals surface area contributed by atoms with Crippen LogP contribution in [0.5, 0.6) is 5.75 Å². The lowest BCUT2D eigenvalue weighted by Crippen LogP contribution is -2.48. The van der Waals surface area contributed by atoms with Crippen molar-refractivity contribution >= 4 is 11.9 Å². The van der Waals surface area contributed by atoms with Crippen molar-refractivity contribution in [1.29, 1.82) is 0 Å². The Balaban J connectivity index is 1.85. The Kier molecular flexibility index (Phi) is 6.14. The van der Waals surface area contributed by atoms with E-state index in [1.807, 2.05) is 0 Å². The second-order valence-corrected chi connectivity index (χ2v) is 10.4. The molecule has 4 rings (SSSR count). The number of nitrogens with zero attached hydrogens (tertiary/aromatic N) is 2. The van der Waals surface area contributed by atoms with E-state index in [0.717, 1.165) is 24.6 Å². The lowest BCUT2D eigenvalue weighted by molar-refractivity contribution is -0.133. The van der Waals surface area contributed by atoms with Gasteiger partial charge in [0.1, 0.15) is 23.5 Å². The van der Waals surface area contributed by atoms with Crippen molar-refractivity contribution in [2.75, 3.05) is 13.7 Å². The van der Waals surface area contributed by atoms with Gasteiger partial charge in [-0.2, -0.15) is 0 Å². The maximum absolute atomic E-state index is 14.5. The van der Waals surface area contributed by atoms with Gasteiger partial charge in [0.05, 0.1) is 0 Å². The first-order valence-corrected chi connectivity index (χ1v) is 11.5. The van der Waals surface area contributed by atoms with Crippen molar-refractivity contribution in [2.45, 2.75) is 51.7 Å². The van der Waals surface area contributed by atoms with Crippen molar-refractivity contribution in [2.24, 2.45) is 22.1 Å². The molecule has 0 saturated heterocycles. The zero-order valence-electron chi connectivity index (χ0n) is 19.9. The summed E-state index contributed by atoms with van der Waals surface area (Å²) in [6.07, 6.45) is 1.14. The molecule has 8 heteroatoms. The number of hydrogen-bond acceptors (Lipinski definition) is 5. The number of benzene rings is 2. The van der Waals surface area contributed by atoms with Gasteiger partial charge in [-0.25, -0.2) is 13.8 Å². The average molecular weight is 472 g/mol. The molecule has 2 aromatic rings. The Bertz CT molecular complexity index is 1140. The number of guanidine groups is 1. The minimum Gasteiger partial charge on any atom is -0.490 e. The second-order valence-electron chi connectivity index (χ2n) is 10.4. The van der Waals surface area contributed by atoms with Gasteiger partial charge in [-0.3, -0.25) is 9.69 Å². The van der Waals surface area contributed by atoms with Gasteiger partial charge in [0.2, 0.25) is 0 Å². The fraction of sp³-hybridized carbons (Fsp3) is 0.462. The first-order valence-electron chi connectivity index (χ1n) is 11.5. The molecule has 182 valence electrons. The molecule has 2 aliphatic heterocycles. The maximum Gasteiger partial charge on any atom is 0.261 e. The number of aliphatic hydroxyl groups excluding tert-OH is 1. The second kappa shape index (κ2) is 8.65. The molecule has 0 saturated carbocycles. The van der Waals surface area contributed by atoms with Gasteiger partial charge in [-0.1, -0.05) is 26.8 Å². The minimum atomic E-state index is -1.33. The van der Waals surface area contributed by atoms with Crippen LogP contribution in [0.25, 0.3) is 11.1 Å². The number of carbonyl (C=O) groups excluding carboxylic acids is 1.